The van der Waals surface area contributed by atoms with E-state index in [0.29, 0.717) is 6.54 Å². The van der Waals surface area contributed by atoms with Gasteiger partial charge < -0.3 is 4.90 Å². The van der Waals surface area contributed by atoms with Crippen LogP contribution in [0, 0.1) is 20.2 Å². The van der Waals surface area contributed by atoms with E-state index in [1.165, 1.54) is 24.2 Å². The predicted octanol–water partition coefficient (Wildman–Crippen LogP) is 3.94. The lowest BCUT2D eigenvalue weighted by atomic mass is 10.1. The van der Waals surface area contributed by atoms with E-state index >= 15 is 0 Å². The number of carbonyl (C=O) groups is 1. The number of nitrogens with zero attached hydrogens (tertiary/aromatic N) is 3. The summed E-state index contributed by atoms with van der Waals surface area (Å²) in [7, 11) is 1.60. The zero-order valence-electron chi connectivity index (χ0n) is 14.1. The van der Waals surface area contributed by atoms with Crippen molar-refractivity contribution in [2.45, 2.75) is 45.4 Å². The molecule has 0 heterocycles. The van der Waals surface area contributed by atoms with Crippen LogP contribution in [0.25, 0.3) is 0 Å². The van der Waals surface area contributed by atoms with Crippen molar-refractivity contribution < 1.29 is 14.6 Å². The molecule has 0 radical (unpaired) electrons. The lowest BCUT2D eigenvalue weighted by Gasteiger charge is -2.17. The van der Waals surface area contributed by atoms with Crippen LogP contribution in [0.1, 0.15) is 55.8 Å². The third-order valence-electron chi connectivity index (χ3n) is 3.76. The summed E-state index contributed by atoms with van der Waals surface area (Å²) in [6.45, 7) is 2.66. The monoisotopic (exact) mass is 337 g/mol. The van der Waals surface area contributed by atoms with Crippen LogP contribution in [0.4, 0.5) is 11.4 Å². The molecule has 0 spiro atoms. The van der Waals surface area contributed by atoms with Crippen LogP contribution in [-0.4, -0.2) is 34.2 Å². The van der Waals surface area contributed by atoms with Gasteiger partial charge in [0, 0.05) is 25.7 Å². The smallest absolute Gasteiger partial charge is 0.277 e. The normalized spacial score (nSPS) is 10.4. The van der Waals surface area contributed by atoms with Crippen molar-refractivity contribution in [3.8, 4) is 0 Å². The average molecular weight is 337 g/mol. The first kappa shape index (κ1) is 19.5. The first-order valence-corrected chi connectivity index (χ1v) is 8.06. The topological polar surface area (TPSA) is 107 Å². The lowest BCUT2D eigenvalue weighted by molar-refractivity contribution is -0.394. The Balaban J connectivity index is 2.71. The molecule has 1 amide bonds. The van der Waals surface area contributed by atoms with E-state index in [1.807, 2.05) is 0 Å². The largest absolute Gasteiger partial charge is 0.342 e. The second-order valence-corrected chi connectivity index (χ2v) is 5.75. The average Bonchev–Trinajstić information content (AvgIpc) is 2.56. The maximum absolute atomic E-state index is 12.3. The van der Waals surface area contributed by atoms with Crippen molar-refractivity contribution in [2.24, 2.45) is 0 Å². The summed E-state index contributed by atoms with van der Waals surface area (Å²) in [6, 6.07) is 3.00. The molecule has 0 saturated heterocycles. The van der Waals surface area contributed by atoms with Crippen molar-refractivity contribution in [3.63, 3.8) is 0 Å². The molecule has 132 valence electrons. The standard InChI is InChI=1S/C16H23N3O5/c1-3-4-5-6-7-8-9-17(2)16(20)13-10-14(18(21)22)12-15(11-13)19(23)24/h10-12H,3-9H2,1-2H3. The number of amides is 1. The van der Waals surface area contributed by atoms with Gasteiger partial charge in [-0.25, -0.2) is 0 Å². The highest BCUT2D eigenvalue weighted by Crippen LogP contribution is 2.23. The maximum Gasteiger partial charge on any atom is 0.277 e. The van der Waals surface area contributed by atoms with Gasteiger partial charge in [-0.3, -0.25) is 25.0 Å². The van der Waals surface area contributed by atoms with Gasteiger partial charge in [0.15, 0.2) is 0 Å². The molecule has 0 N–H and O–H groups in total. The van der Waals surface area contributed by atoms with Gasteiger partial charge in [0.05, 0.1) is 21.5 Å². The van der Waals surface area contributed by atoms with Gasteiger partial charge in [0.2, 0.25) is 0 Å². The SMILES string of the molecule is CCCCCCCCN(C)C(=O)c1cc([N+](=O)[O-])cc([N+](=O)[O-])c1. The van der Waals surface area contributed by atoms with E-state index < -0.39 is 27.1 Å². The Morgan fingerprint density at radius 3 is 1.96 bits per heavy atom. The number of unbranched alkanes of at least 4 members (excludes halogenated alkanes) is 5. The Bertz CT molecular complexity index is 571. The van der Waals surface area contributed by atoms with E-state index in [0.717, 1.165) is 37.5 Å². The van der Waals surface area contributed by atoms with Gasteiger partial charge in [-0.2, -0.15) is 0 Å². The Kier molecular flexibility index (Phi) is 7.81. The molecule has 0 aliphatic heterocycles. The molecule has 24 heavy (non-hydrogen) atoms. The third-order valence-corrected chi connectivity index (χ3v) is 3.76. The molecule has 0 atom stereocenters. The highest BCUT2D eigenvalue weighted by molar-refractivity contribution is 5.95. The molecular weight excluding hydrogens is 314 g/mol. The van der Waals surface area contributed by atoms with E-state index in [9.17, 15) is 25.0 Å². The summed E-state index contributed by atoms with van der Waals surface area (Å²) in [6.07, 6.45) is 6.50. The fourth-order valence-electron chi connectivity index (χ4n) is 2.38. The summed E-state index contributed by atoms with van der Waals surface area (Å²) < 4.78 is 0. The number of benzene rings is 1. The van der Waals surface area contributed by atoms with Crippen molar-refractivity contribution in [1.29, 1.82) is 0 Å². The first-order valence-electron chi connectivity index (χ1n) is 8.06. The molecule has 8 nitrogen and oxygen atoms in total. The van der Waals surface area contributed by atoms with Gasteiger partial charge >= 0.3 is 0 Å². The van der Waals surface area contributed by atoms with Crippen LogP contribution in [0.15, 0.2) is 18.2 Å². The summed E-state index contributed by atoms with van der Waals surface area (Å²) in [5.41, 5.74) is -0.953. The van der Waals surface area contributed by atoms with Crippen LogP contribution in [0.3, 0.4) is 0 Å². The number of nitro groups is 2. The number of hydrogen-bond donors (Lipinski definition) is 0. The molecule has 0 aliphatic carbocycles. The lowest BCUT2D eigenvalue weighted by Crippen LogP contribution is -2.27. The van der Waals surface area contributed by atoms with Gasteiger partial charge in [-0.1, -0.05) is 39.0 Å². The number of nitro benzene ring substituents is 2. The van der Waals surface area contributed by atoms with Gasteiger partial charge in [0.25, 0.3) is 17.3 Å². The fourth-order valence-corrected chi connectivity index (χ4v) is 2.38. The molecule has 0 saturated carbocycles. The zero-order chi connectivity index (χ0) is 18.1. The molecule has 0 aromatic heterocycles. The van der Waals surface area contributed by atoms with Crippen LogP contribution in [0.2, 0.25) is 0 Å². The Morgan fingerprint density at radius 1 is 0.958 bits per heavy atom. The second-order valence-electron chi connectivity index (χ2n) is 5.75. The van der Waals surface area contributed by atoms with E-state index in [4.69, 9.17) is 0 Å². The summed E-state index contributed by atoms with van der Waals surface area (Å²) >= 11 is 0. The molecular formula is C16H23N3O5. The van der Waals surface area contributed by atoms with Gasteiger partial charge in [0.1, 0.15) is 0 Å². The Morgan fingerprint density at radius 2 is 1.46 bits per heavy atom. The number of rotatable bonds is 10. The minimum Gasteiger partial charge on any atom is -0.342 e. The highest BCUT2D eigenvalue weighted by atomic mass is 16.6. The zero-order valence-corrected chi connectivity index (χ0v) is 14.1. The van der Waals surface area contributed by atoms with Crippen molar-refractivity contribution in [1.82, 2.24) is 4.90 Å². The molecule has 0 aliphatic rings. The fraction of sp³-hybridized carbons (Fsp3) is 0.562. The summed E-state index contributed by atoms with van der Waals surface area (Å²) in [4.78, 5) is 34.1. The van der Waals surface area contributed by atoms with Crippen LogP contribution in [0.5, 0.6) is 0 Å². The maximum atomic E-state index is 12.3. The Labute approximate surface area is 140 Å². The number of carbonyl (C=O) groups excluding carboxylic acids is 1. The molecule has 0 unspecified atom stereocenters. The van der Waals surface area contributed by atoms with Crippen LogP contribution < -0.4 is 0 Å². The van der Waals surface area contributed by atoms with E-state index in [2.05, 4.69) is 6.92 Å². The van der Waals surface area contributed by atoms with Gasteiger partial charge in [-0.15, -0.1) is 0 Å². The number of hydrogen-bond acceptors (Lipinski definition) is 5. The Hall–Kier alpha value is -2.51. The molecule has 1 aromatic carbocycles. The van der Waals surface area contributed by atoms with Crippen molar-refractivity contribution >= 4 is 17.3 Å². The number of non-ortho nitro benzene ring substituents is 2. The van der Waals surface area contributed by atoms with Crippen molar-refractivity contribution in [2.75, 3.05) is 13.6 Å². The van der Waals surface area contributed by atoms with E-state index in [1.54, 1.807) is 7.05 Å². The molecule has 0 bridgehead atoms. The molecule has 8 heteroatoms. The second kappa shape index (κ2) is 9.59. The van der Waals surface area contributed by atoms with Crippen LogP contribution in [-0.2, 0) is 0 Å². The highest BCUT2D eigenvalue weighted by Gasteiger charge is 2.21. The molecule has 1 rings (SSSR count). The summed E-state index contributed by atoms with van der Waals surface area (Å²) in [5, 5.41) is 21.8. The van der Waals surface area contributed by atoms with E-state index in [-0.39, 0.29) is 5.56 Å². The molecule has 1 aromatic rings. The summed E-state index contributed by atoms with van der Waals surface area (Å²) in [5.74, 6) is -0.449. The quantitative estimate of drug-likeness (QED) is 0.365. The minimum absolute atomic E-state index is 0.0376. The van der Waals surface area contributed by atoms with Gasteiger partial charge in [-0.05, 0) is 6.42 Å². The van der Waals surface area contributed by atoms with Crippen molar-refractivity contribution in [3.05, 3.63) is 44.0 Å². The molecule has 0 fully saturated rings. The third kappa shape index (κ3) is 5.94. The van der Waals surface area contributed by atoms with Crippen LogP contribution >= 0.6 is 0 Å². The minimum atomic E-state index is -0.739. The predicted molar refractivity (Wildman–Crippen MR) is 90.1 cm³/mol. The first-order chi connectivity index (χ1) is 11.4.